The van der Waals surface area contributed by atoms with Crippen LogP contribution in [0.1, 0.15) is 96.8 Å². The maximum Gasteiger partial charge on any atom is 0.0202 e. The van der Waals surface area contributed by atoms with E-state index in [1.807, 2.05) is 0 Å². The van der Waals surface area contributed by atoms with Crippen LogP contribution in [-0.4, -0.2) is 0 Å². The third-order valence-electron chi connectivity index (χ3n) is 8.34. The van der Waals surface area contributed by atoms with Gasteiger partial charge in [-0.25, -0.2) is 0 Å². The van der Waals surface area contributed by atoms with Gasteiger partial charge in [0.1, 0.15) is 0 Å². The molecule has 0 aromatic rings. The minimum atomic E-state index is 0. The van der Waals surface area contributed by atoms with Crippen molar-refractivity contribution in [3.63, 3.8) is 0 Å². The van der Waals surface area contributed by atoms with Crippen LogP contribution in [0.5, 0.6) is 0 Å². The molecule has 0 N–H and O–H groups in total. The Hall–Kier alpha value is 0.664. The Morgan fingerprint density at radius 2 is 1.15 bits per heavy atom. The van der Waals surface area contributed by atoms with Gasteiger partial charge in [-0.1, -0.05) is 44.9 Å². The Kier molecular flexibility index (Phi) is 8.59. The number of hydrogen-bond acceptors (Lipinski definition) is 0. The number of rotatable bonds is 2. The van der Waals surface area contributed by atoms with Crippen LogP contribution in [0.25, 0.3) is 0 Å². The summed E-state index contributed by atoms with van der Waals surface area (Å²) in [5.41, 5.74) is 0. The van der Waals surface area contributed by atoms with Gasteiger partial charge < -0.3 is 6.42 Å². The summed E-state index contributed by atoms with van der Waals surface area (Å²) in [6.07, 6.45) is 23.1. The van der Waals surface area contributed by atoms with Gasteiger partial charge in [-0.2, -0.15) is 6.42 Å². The summed E-state index contributed by atoms with van der Waals surface area (Å²) >= 11 is 0. The van der Waals surface area contributed by atoms with Gasteiger partial charge in [-0.15, -0.1) is 17.8 Å². The Morgan fingerprint density at radius 1 is 0.615 bits per heavy atom. The van der Waals surface area contributed by atoms with E-state index >= 15 is 0 Å². The summed E-state index contributed by atoms with van der Waals surface area (Å²) in [6, 6.07) is 0. The normalized spacial score (nSPS) is 41.3. The predicted octanol–water partition coefficient (Wildman–Crippen LogP) is 7.04. The summed E-state index contributed by atoms with van der Waals surface area (Å²) in [4.78, 5) is 0. The van der Waals surface area contributed by atoms with E-state index in [0.717, 1.165) is 35.5 Å². The molecule has 1 heteroatoms. The smallest absolute Gasteiger partial charge is 0.0202 e. The molecule has 0 aliphatic heterocycles. The standard InChI is InChI=1S/C25H39.Y/c1-19-5-7-20(8-6-19)9-10-21-11-13-23(14-12-21)25-17-15-24(16-18-25)22-3-2-4-22;/h7,19-25H,2-6,8,11-18H2,1H3;/q-1;. The van der Waals surface area contributed by atoms with Crippen LogP contribution in [0.15, 0.2) is 0 Å². The molecule has 1 radical (unpaired) electrons. The van der Waals surface area contributed by atoms with Crippen molar-refractivity contribution in [2.24, 2.45) is 41.4 Å². The Balaban J connectivity index is 0.00000196. The first-order valence-electron chi connectivity index (χ1n) is 11.6. The van der Waals surface area contributed by atoms with Crippen molar-refractivity contribution in [2.45, 2.75) is 96.8 Å². The van der Waals surface area contributed by atoms with Crippen LogP contribution >= 0.6 is 0 Å². The second-order valence-corrected chi connectivity index (χ2v) is 10.0. The largest absolute Gasteiger partial charge is 0.314 e. The van der Waals surface area contributed by atoms with Crippen molar-refractivity contribution in [1.82, 2.24) is 0 Å². The third kappa shape index (κ3) is 5.60. The summed E-state index contributed by atoms with van der Waals surface area (Å²) < 4.78 is 0. The zero-order valence-corrected chi connectivity index (χ0v) is 19.9. The molecule has 0 aromatic carbocycles. The third-order valence-corrected chi connectivity index (χ3v) is 8.34. The molecule has 0 nitrogen and oxygen atoms in total. The van der Waals surface area contributed by atoms with Crippen molar-refractivity contribution in [3.8, 4) is 11.8 Å². The first-order chi connectivity index (χ1) is 12.3. The van der Waals surface area contributed by atoms with Gasteiger partial charge in [-0.05, 0) is 75.0 Å². The SMILES string of the molecule is CC1C[CH-]C(C#CC2CCC(C3CCC(C4CCC4)CC3)CC2)CC1.[Y]. The van der Waals surface area contributed by atoms with Crippen molar-refractivity contribution < 1.29 is 32.7 Å². The average molecular weight is 428 g/mol. The van der Waals surface area contributed by atoms with Crippen LogP contribution in [0.4, 0.5) is 0 Å². The van der Waals surface area contributed by atoms with Gasteiger partial charge in [0.15, 0.2) is 0 Å². The fourth-order valence-corrected chi connectivity index (χ4v) is 6.19. The fourth-order valence-electron chi connectivity index (χ4n) is 6.19. The Morgan fingerprint density at radius 3 is 1.62 bits per heavy atom. The Labute approximate surface area is 188 Å². The molecule has 4 fully saturated rings. The predicted molar refractivity (Wildman–Crippen MR) is 107 cm³/mol. The van der Waals surface area contributed by atoms with Gasteiger partial charge in [0.2, 0.25) is 0 Å². The van der Waals surface area contributed by atoms with E-state index < -0.39 is 0 Å². The molecule has 0 bridgehead atoms. The van der Waals surface area contributed by atoms with Crippen LogP contribution in [0, 0.1) is 59.7 Å². The molecule has 0 spiro atoms. The molecule has 0 heterocycles. The van der Waals surface area contributed by atoms with E-state index in [4.69, 9.17) is 0 Å². The molecule has 143 valence electrons. The molecule has 4 aliphatic carbocycles. The Bertz CT molecular complexity index is 458. The molecule has 4 rings (SSSR count). The molecule has 26 heavy (non-hydrogen) atoms. The summed E-state index contributed by atoms with van der Waals surface area (Å²) in [5.74, 6) is 13.9. The molecule has 0 aromatic heterocycles. The molecule has 4 saturated carbocycles. The van der Waals surface area contributed by atoms with Crippen LogP contribution < -0.4 is 0 Å². The van der Waals surface area contributed by atoms with Crippen molar-refractivity contribution in [1.29, 1.82) is 0 Å². The van der Waals surface area contributed by atoms with Gasteiger partial charge in [0.25, 0.3) is 0 Å². The molecule has 4 aliphatic rings. The van der Waals surface area contributed by atoms with Crippen LogP contribution in [0.2, 0.25) is 0 Å². The van der Waals surface area contributed by atoms with E-state index in [0.29, 0.717) is 5.92 Å². The van der Waals surface area contributed by atoms with Crippen molar-refractivity contribution in [2.75, 3.05) is 0 Å². The molecule has 0 amide bonds. The summed E-state index contributed by atoms with van der Waals surface area (Å²) in [6.45, 7) is 2.38. The van der Waals surface area contributed by atoms with Gasteiger partial charge in [-0.3, -0.25) is 0 Å². The van der Waals surface area contributed by atoms with E-state index in [2.05, 4.69) is 25.2 Å². The van der Waals surface area contributed by atoms with E-state index in [9.17, 15) is 0 Å². The van der Waals surface area contributed by atoms with Gasteiger partial charge >= 0.3 is 0 Å². The zero-order valence-electron chi connectivity index (χ0n) is 17.1. The minimum Gasteiger partial charge on any atom is -0.314 e. The van der Waals surface area contributed by atoms with E-state index in [-0.39, 0.29) is 32.7 Å². The van der Waals surface area contributed by atoms with E-state index in [1.165, 1.54) is 51.4 Å². The van der Waals surface area contributed by atoms with Crippen molar-refractivity contribution in [3.05, 3.63) is 6.42 Å². The maximum atomic E-state index is 3.69. The molecule has 2 unspecified atom stereocenters. The summed E-state index contributed by atoms with van der Waals surface area (Å²) in [5, 5.41) is 0. The van der Waals surface area contributed by atoms with Gasteiger partial charge in [0, 0.05) is 38.6 Å². The monoisotopic (exact) mass is 428 g/mol. The molecular weight excluding hydrogens is 389 g/mol. The summed E-state index contributed by atoms with van der Waals surface area (Å²) in [7, 11) is 0. The first-order valence-corrected chi connectivity index (χ1v) is 11.6. The average Bonchev–Trinajstić information content (AvgIpc) is 2.61. The van der Waals surface area contributed by atoms with Gasteiger partial charge in [0.05, 0.1) is 0 Å². The molecule has 0 saturated heterocycles. The van der Waals surface area contributed by atoms with E-state index in [1.54, 1.807) is 38.5 Å². The second kappa shape index (κ2) is 10.4. The maximum absolute atomic E-state index is 3.69. The topological polar surface area (TPSA) is 0 Å². The minimum absolute atomic E-state index is 0. The molecule has 2 atom stereocenters. The quantitative estimate of drug-likeness (QED) is 0.327. The molecular formula is C25H39Y-. The van der Waals surface area contributed by atoms with Crippen molar-refractivity contribution >= 4 is 0 Å². The zero-order chi connectivity index (χ0) is 17.1. The second-order valence-electron chi connectivity index (χ2n) is 10.0. The van der Waals surface area contributed by atoms with Crippen LogP contribution in [0.3, 0.4) is 0 Å². The first kappa shape index (κ1) is 21.4. The number of hydrogen-bond donors (Lipinski definition) is 0. The fraction of sp³-hybridized carbons (Fsp3) is 0.880. The van der Waals surface area contributed by atoms with Crippen LogP contribution in [-0.2, 0) is 32.7 Å².